The lowest BCUT2D eigenvalue weighted by Gasteiger charge is -2.52. The number of nitrogens with one attached hydrogen (secondary N) is 1. The first-order chi connectivity index (χ1) is 21.5. The van der Waals surface area contributed by atoms with Crippen molar-refractivity contribution in [3.63, 3.8) is 0 Å². The molecule has 5 atom stereocenters. The Kier molecular flexibility index (Phi) is 9.37. The Morgan fingerprint density at radius 2 is 1.56 bits per heavy atom. The van der Waals surface area contributed by atoms with Crippen LogP contribution in [0.25, 0.3) is 6.08 Å². The molecule has 45 heavy (non-hydrogen) atoms. The fourth-order valence-electron chi connectivity index (χ4n) is 5.80. The minimum atomic E-state index is -1.19. The third-order valence-corrected chi connectivity index (χ3v) is 7.91. The van der Waals surface area contributed by atoms with E-state index in [9.17, 15) is 19.2 Å². The maximum Gasteiger partial charge on any atom is 0.411 e. The van der Waals surface area contributed by atoms with Crippen LogP contribution in [-0.4, -0.2) is 64.0 Å². The number of carbonyl (C=O) groups is 4. The maximum absolute atomic E-state index is 14.2. The number of benzene rings is 3. The monoisotopic (exact) mass is 609 g/mol. The van der Waals surface area contributed by atoms with Crippen LogP contribution >= 0.6 is 0 Å². The van der Waals surface area contributed by atoms with Crippen LogP contribution in [0.1, 0.15) is 62.9 Å². The van der Waals surface area contributed by atoms with E-state index in [-0.39, 0.29) is 19.1 Å². The second-order valence-electron chi connectivity index (χ2n) is 12.3. The number of amides is 3. The highest BCUT2D eigenvalue weighted by Crippen LogP contribution is 2.39. The number of cyclic esters (lactones) is 1. The summed E-state index contributed by atoms with van der Waals surface area (Å²) in [6, 6.07) is 24.6. The van der Waals surface area contributed by atoms with Crippen LogP contribution < -0.4 is 5.32 Å². The fraction of sp³-hybridized carbons (Fsp3) is 0.333. The third kappa shape index (κ3) is 7.25. The van der Waals surface area contributed by atoms with E-state index in [1.807, 2.05) is 110 Å². The van der Waals surface area contributed by atoms with Gasteiger partial charge in [-0.25, -0.2) is 4.79 Å². The first-order valence-corrected chi connectivity index (χ1v) is 15.2. The highest BCUT2D eigenvalue weighted by Gasteiger charge is 2.58. The van der Waals surface area contributed by atoms with Gasteiger partial charge in [0.15, 0.2) is 0 Å². The summed E-state index contributed by atoms with van der Waals surface area (Å²) in [5.74, 6) is -1.56. The van der Waals surface area contributed by atoms with Gasteiger partial charge in [-0.3, -0.25) is 19.3 Å². The Bertz CT molecular complexity index is 1540. The molecule has 0 bridgehead atoms. The summed E-state index contributed by atoms with van der Waals surface area (Å²) < 4.78 is 11.0. The van der Waals surface area contributed by atoms with Gasteiger partial charge in [0.2, 0.25) is 11.8 Å². The second kappa shape index (κ2) is 13.4. The largest absolute Gasteiger partial charge is 0.460 e. The molecule has 1 N–H and O–H groups in total. The van der Waals surface area contributed by atoms with E-state index in [1.165, 1.54) is 9.80 Å². The predicted molar refractivity (Wildman–Crippen MR) is 170 cm³/mol. The number of hydrogen-bond donors (Lipinski definition) is 1. The summed E-state index contributed by atoms with van der Waals surface area (Å²) in [5, 5.41) is 2.99. The lowest BCUT2D eigenvalue weighted by Crippen LogP contribution is -2.74. The molecule has 0 saturated carbocycles. The Labute approximate surface area is 263 Å². The summed E-state index contributed by atoms with van der Waals surface area (Å²) in [7, 11) is 0. The number of β-lactam (4-membered cyclic amide) rings is 1. The number of carbonyl (C=O) groups excluding carboxylic acids is 4. The van der Waals surface area contributed by atoms with Crippen molar-refractivity contribution < 1.29 is 28.7 Å². The topological polar surface area (TPSA) is 105 Å². The van der Waals surface area contributed by atoms with Crippen molar-refractivity contribution >= 4 is 30.0 Å². The summed E-state index contributed by atoms with van der Waals surface area (Å²) >= 11 is 0. The molecule has 3 amide bonds. The van der Waals surface area contributed by atoms with Gasteiger partial charge in [0.05, 0.1) is 24.5 Å². The van der Waals surface area contributed by atoms with Crippen molar-refractivity contribution in [3.8, 4) is 0 Å². The Hall–Kier alpha value is -4.92. The zero-order valence-corrected chi connectivity index (χ0v) is 26.0. The predicted octanol–water partition coefficient (Wildman–Crippen LogP) is 5.45. The molecule has 0 radical (unpaired) electrons. The lowest BCUT2D eigenvalue weighted by atomic mass is 9.87. The lowest BCUT2D eigenvalue weighted by molar-refractivity contribution is -0.168. The van der Waals surface area contributed by atoms with Crippen LogP contribution in [0.5, 0.6) is 0 Å². The summed E-state index contributed by atoms with van der Waals surface area (Å²) in [6.45, 7) is 7.18. The van der Waals surface area contributed by atoms with Crippen molar-refractivity contribution in [1.82, 2.24) is 15.1 Å². The molecule has 0 aliphatic carbocycles. The average molecular weight is 610 g/mol. The quantitative estimate of drug-likeness (QED) is 0.242. The fourth-order valence-corrected chi connectivity index (χ4v) is 5.80. The Morgan fingerprint density at radius 1 is 0.956 bits per heavy atom. The maximum atomic E-state index is 14.2. The molecule has 0 spiro atoms. The van der Waals surface area contributed by atoms with Gasteiger partial charge >= 0.3 is 12.1 Å². The van der Waals surface area contributed by atoms with Gasteiger partial charge in [-0.2, -0.15) is 0 Å². The van der Waals surface area contributed by atoms with Crippen LogP contribution in [0.15, 0.2) is 97.1 Å². The normalized spacial score (nSPS) is 21.2. The molecule has 2 heterocycles. The number of hydrogen-bond acceptors (Lipinski definition) is 6. The zero-order chi connectivity index (χ0) is 32.1. The van der Waals surface area contributed by atoms with Gasteiger partial charge in [0.25, 0.3) is 0 Å². The van der Waals surface area contributed by atoms with Crippen LogP contribution in [0.3, 0.4) is 0 Å². The van der Waals surface area contributed by atoms with E-state index in [2.05, 4.69) is 5.32 Å². The molecule has 9 heteroatoms. The molecule has 3 aromatic rings. The molecule has 234 valence electrons. The molecule has 3 unspecified atom stereocenters. The van der Waals surface area contributed by atoms with Gasteiger partial charge in [0.1, 0.15) is 24.3 Å². The van der Waals surface area contributed by atoms with Crippen LogP contribution in [-0.2, 0) is 23.9 Å². The van der Waals surface area contributed by atoms with E-state index in [0.717, 1.165) is 16.7 Å². The summed E-state index contributed by atoms with van der Waals surface area (Å²) in [4.78, 5) is 57.3. The summed E-state index contributed by atoms with van der Waals surface area (Å²) in [5.41, 5.74) is 1.80. The van der Waals surface area contributed by atoms with Crippen molar-refractivity contribution in [2.24, 2.45) is 0 Å². The standard InChI is InChI=1S/C36H39N3O6/c1-24(26-16-10-6-11-17-26)37-33(41)29(22-31(40)45-36(2,3)4)38-28(21-20-25-14-8-5-9-15-25)32(34(38)42)39-30(23-44-35(39)43)27-18-12-7-13-19-27/h5-21,24,28-30,32H,22-23H2,1-4H3,(H,37,41)/t24-,28?,29?,30+,32?/m0/s1. The van der Waals surface area contributed by atoms with Gasteiger partial charge in [-0.1, -0.05) is 103 Å². The van der Waals surface area contributed by atoms with Gasteiger partial charge in [-0.15, -0.1) is 0 Å². The van der Waals surface area contributed by atoms with Crippen LogP contribution in [0.2, 0.25) is 0 Å². The van der Waals surface area contributed by atoms with Crippen LogP contribution in [0, 0.1) is 0 Å². The Morgan fingerprint density at radius 3 is 2.18 bits per heavy atom. The molecular weight excluding hydrogens is 570 g/mol. The van der Waals surface area contributed by atoms with Crippen molar-refractivity contribution in [1.29, 1.82) is 0 Å². The molecule has 2 saturated heterocycles. The molecular formula is C36H39N3O6. The SMILES string of the molecule is C[C@H](NC(=O)C(CC(=O)OC(C)(C)C)N1C(=O)C(N2C(=O)OC[C@@H]2c2ccccc2)C1C=Cc1ccccc1)c1ccccc1. The molecule has 5 rings (SSSR count). The Balaban J connectivity index is 1.50. The van der Waals surface area contributed by atoms with Gasteiger partial charge in [-0.05, 0) is 44.4 Å². The van der Waals surface area contributed by atoms with Gasteiger partial charge in [0, 0.05) is 0 Å². The molecule has 2 aliphatic heterocycles. The molecule has 2 fully saturated rings. The van der Waals surface area contributed by atoms with E-state index in [1.54, 1.807) is 20.8 Å². The number of nitrogens with zero attached hydrogens (tertiary/aromatic N) is 2. The molecule has 2 aliphatic rings. The van der Waals surface area contributed by atoms with E-state index in [4.69, 9.17) is 9.47 Å². The number of rotatable bonds is 10. The van der Waals surface area contributed by atoms with Crippen molar-refractivity contribution in [2.45, 2.75) is 69.9 Å². The van der Waals surface area contributed by atoms with Crippen LogP contribution in [0.4, 0.5) is 4.79 Å². The first-order valence-electron chi connectivity index (χ1n) is 15.2. The minimum Gasteiger partial charge on any atom is -0.460 e. The third-order valence-electron chi connectivity index (χ3n) is 7.91. The average Bonchev–Trinajstić information content (AvgIpc) is 3.39. The van der Waals surface area contributed by atoms with Crippen molar-refractivity contribution in [2.75, 3.05) is 6.61 Å². The first kappa shape index (κ1) is 31.5. The molecule has 9 nitrogen and oxygen atoms in total. The number of esters is 1. The van der Waals surface area contributed by atoms with E-state index < -0.39 is 53.6 Å². The highest BCUT2D eigenvalue weighted by molar-refractivity contribution is 5.99. The summed E-state index contributed by atoms with van der Waals surface area (Å²) in [6.07, 6.45) is 2.70. The molecule has 3 aromatic carbocycles. The zero-order valence-electron chi connectivity index (χ0n) is 26.0. The second-order valence-corrected chi connectivity index (χ2v) is 12.3. The molecule has 0 aromatic heterocycles. The highest BCUT2D eigenvalue weighted by atomic mass is 16.6. The van der Waals surface area contributed by atoms with Gasteiger partial charge < -0.3 is 19.7 Å². The van der Waals surface area contributed by atoms with Crippen molar-refractivity contribution in [3.05, 3.63) is 114 Å². The van der Waals surface area contributed by atoms with E-state index >= 15 is 0 Å². The number of ether oxygens (including phenoxy) is 2. The number of likely N-dealkylation sites (tertiary alicyclic amines) is 1. The van der Waals surface area contributed by atoms with E-state index in [0.29, 0.717) is 0 Å². The minimum absolute atomic E-state index is 0.0954. The smallest absolute Gasteiger partial charge is 0.411 e.